The molecule has 1 saturated carbocycles. The predicted octanol–water partition coefficient (Wildman–Crippen LogP) is 0.754. The third-order valence-electron chi connectivity index (χ3n) is 3.48. The number of aromatic nitrogens is 4. The van der Waals surface area contributed by atoms with E-state index in [0.717, 1.165) is 18.8 Å². The first kappa shape index (κ1) is 11.0. The van der Waals surface area contributed by atoms with Gasteiger partial charge in [-0.3, -0.25) is 4.79 Å². The molecule has 1 heterocycles. The highest BCUT2D eigenvalue weighted by molar-refractivity contribution is 5.90. The van der Waals surface area contributed by atoms with Crippen molar-refractivity contribution in [2.45, 2.75) is 39.2 Å². The molecule has 1 aliphatic rings. The van der Waals surface area contributed by atoms with Gasteiger partial charge in [0.1, 0.15) is 0 Å². The Morgan fingerprint density at radius 2 is 2.19 bits per heavy atom. The lowest BCUT2D eigenvalue weighted by Crippen LogP contribution is -2.40. The van der Waals surface area contributed by atoms with Gasteiger partial charge in [0.25, 0.3) is 11.7 Å². The van der Waals surface area contributed by atoms with Crippen LogP contribution in [0.4, 0.5) is 0 Å². The van der Waals surface area contributed by atoms with Crippen molar-refractivity contribution in [1.82, 2.24) is 25.9 Å². The third kappa shape index (κ3) is 2.37. The fourth-order valence-corrected chi connectivity index (χ4v) is 2.19. The van der Waals surface area contributed by atoms with Crippen LogP contribution in [0.5, 0.6) is 0 Å². The van der Waals surface area contributed by atoms with Crippen molar-refractivity contribution in [1.29, 1.82) is 0 Å². The average Bonchev–Trinajstić information content (AvgIpc) is 2.77. The summed E-state index contributed by atoms with van der Waals surface area (Å²) in [5.74, 6) is 1.29. The number of carbonyl (C=O) groups is 1. The second-order valence-corrected chi connectivity index (χ2v) is 4.67. The summed E-state index contributed by atoms with van der Waals surface area (Å²) in [6, 6.07) is 0.247. The van der Waals surface area contributed by atoms with Gasteiger partial charge in [0.05, 0.1) is 0 Å². The van der Waals surface area contributed by atoms with E-state index in [-0.39, 0.29) is 17.8 Å². The van der Waals surface area contributed by atoms with E-state index < -0.39 is 0 Å². The SMILES string of the molecule is CC1CCC(NC(=O)c2nn[nH]n2)CC1C. The molecule has 1 fully saturated rings. The number of aromatic amines is 1. The maximum Gasteiger partial charge on any atom is 0.293 e. The van der Waals surface area contributed by atoms with E-state index in [1.165, 1.54) is 6.42 Å². The highest BCUT2D eigenvalue weighted by Crippen LogP contribution is 2.29. The van der Waals surface area contributed by atoms with Gasteiger partial charge in [-0.05, 0) is 36.3 Å². The summed E-state index contributed by atoms with van der Waals surface area (Å²) in [5.41, 5.74) is 0. The Balaban J connectivity index is 1.89. The predicted molar refractivity (Wildman–Crippen MR) is 57.6 cm³/mol. The lowest BCUT2D eigenvalue weighted by atomic mass is 9.79. The zero-order chi connectivity index (χ0) is 11.5. The van der Waals surface area contributed by atoms with Gasteiger partial charge < -0.3 is 5.32 Å². The molecule has 1 aromatic rings. The number of carbonyl (C=O) groups excluding carboxylic acids is 1. The molecule has 1 aliphatic carbocycles. The van der Waals surface area contributed by atoms with Gasteiger partial charge in [0.15, 0.2) is 0 Å². The van der Waals surface area contributed by atoms with Crippen LogP contribution in [0.2, 0.25) is 0 Å². The van der Waals surface area contributed by atoms with Crippen LogP contribution in [0.1, 0.15) is 43.7 Å². The Kier molecular flexibility index (Phi) is 3.17. The Morgan fingerprint density at radius 1 is 1.38 bits per heavy atom. The van der Waals surface area contributed by atoms with Gasteiger partial charge in [-0.25, -0.2) is 0 Å². The largest absolute Gasteiger partial charge is 0.346 e. The Hall–Kier alpha value is -1.46. The number of amides is 1. The maximum atomic E-state index is 11.7. The Bertz CT molecular complexity index is 350. The smallest absolute Gasteiger partial charge is 0.293 e. The minimum Gasteiger partial charge on any atom is -0.346 e. The number of tetrazole rings is 1. The molecule has 0 spiro atoms. The molecule has 1 amide bonds. The first-order valence-corrected chi connectivity index (χ1v) is 5.71. The summed E-state index contributed by atoms with van der Waals surface area (Å²) in [6.45, 7) is 4.50. The molecule has 1 aromatic heterocycles. The molecule has 16 heavy (non-hydrogen) atoms. The van der Waals surface area contributed by atoms with Crippen LogP contribution in [0.15, 0.2) is 0 Å². The van der Waals surface area contributed by atoms with E-state index >= 15 is 0 Å². The zero-order valence-corrected chi connectivity index (χ0v) is 9.60. The standard InChI is InChI=1S/C10H17N5O/c1-6-3-4-8(5-7(6)2)11-10(16)9-12-14-15-13-9/h6-8H,3-5H2,1-2H3,(H,11,16)(H,12,13,14,15). The van der Waals surface area contributed by atoms with Crippen molar-refractivity contribution in [3.05, 3.63) is 5.82 Å². The second kappa shape index (κ2) is 4.59. The highest BCUT2D eigenvalue weighted by Gasteiger charge is 2.26. The van der Waals surface area contributed by atoms with Crippen LogP contribution in [-0.4, -0.2) is 32.6 Å². The fraction of sp³-hybridized carbons (Fsp3) is 0.800. The first-order chi connectivity index (χ1) is 7.66. The molecule has 2 rings (SSSR count). The molecule has 0 saturated heterocycles. The molecule has 6 heteroatoms. The molecule has 0 aromatic carbocycles. The number of nitrogens with one attached hydrogen (secondary N) is 2. The van der Waals surface area contributed by atoms with Crippen LogP contribution in [0.25, 0.3) is 0 Å². The first-order valence-electron chi connectivity index (χ1n) is 5.71. The van der Waals surface area contributed by atoms with Crippen molar-refractivity contribution in [2.75, 3.05) is 0 Å². The number of hydrogen-bond acceptors (Lipinski definition) is 4. The molecule has 0 radical (unpaired) electrons. The number of hydrogen-bond donors (Lipinski definition) is 2. The van der Waals surface area contributed by atoms with Gasteiger partial charge in [-0.2, -0.15) is 5.21 Å². The summed E-state index contributed by atoms with van der Waals surface area (Å²) in [7, 11) is 0. The van der Waals surface area contributed by atoms with Crippen LogP contribution in [0, 0.1) is 11.8 Å². The number of nitrogens with zero attached hydrogens (tertiary/aromatic N) is 3. The van der Waals surface area contributed by atoms with Gasteiger partial charge in [-0.1, -0.05) is 13.8 Å². The Morgan fingerprint density at radius 3 is 2.81 bits per heavy atom. The van der Waals surface area contributed by atoms with Gasteiger partial charge >= 0.3 is 0 Å². The lowest BCUT2D eigenvalue weighted by Gasteiger charge is -2.32. The molecule has 0 bridgehead atoms. The molecule has 6 nitrogen and oxygen atoms in total. The van der Waals surface area contributed by atoms with Crippen LogP contribution in [-0.2, 0) is 0 Å². The molecule has 3 atom stereocenters. The molecule has 3 unspecified atom stereocenters. The van der Waals surface area contributed by atoms with E-state index in [0.29, 0.717) is 5.92 Å². The normalized spacial score (nSPS) is 30.0. The van der Waals surface area contributed by atoms with Gasteiger partial charge in [0.2, 0.25) is 0 Å². The van der Waals surface area contributed by atoms with Gasteiger partial charge in [-0.15, -0.1) is 10.2 Å². The fourth-order valence-electron chi connectivity index (χ4n) is 2.19. The molecule has 0 aliphatic heterocycles. The monoisotopic (exact) mass is 223 g/mol. The zero-order valence-electron chi connectivity index (χ0n) is 9.60. The van der Waals surface area contributed by atoms with Crippen LogP contribution < -0.4 is 5.32 Å². The van der Waals surface area contributed by atoms with Crippen molar-refractivity contribution >= 4 is 5.91 Å². The van der Waals surface area contributed by atoms with E-state index in [1.807, 2.05) is 0 Å². The second-order valence-electron chi connectivity index (χ2n) is 4.67. The summed E-state index contributed by atoms with van der Waals surface area (Å²) >= 11 is 0. The summed E-state index contributed by atoms with van der Waals surface area (Å²) in [6.07, 6.45) is 3.23. The molecule has 2 N–H and O–H groups in total. The van der Waals surface area contributed by atoms with Gasteiger partial charge in [0, 0.05) is 6.04 Å². The van der Waals surface area contributed by atoms with Crippen molar-refractivity contribution in [2.24, 2.45) is 11.8 Å². The topological polar surface area (TPSA) is 83.6 Å². The van der Waals surface area contributed by atoms with Crippen LogP contribution >= 0.6 is 0 Å². The summed E-state index contributed by atoms with van der Waals surface area (Å²) in [5, 5.41) is 15.9. The molecule has 88 valence electrons. The molecular formula is C10H17N5O. The van der Waals surface area contributed by atoms with Crippen molar-refractivity contribution in [3.63, 3.8) is 0 Å². The van der Waals surface area contributed by atoms with E-state index in [4.69, 9.17) is 0 Å². The highest BCUT2D eigenvalue weighted by atomic mass is 16.2. The lowest BCUT2D eigenvalue weighted by molar-refractivity contribution is 0.0900. The van der Waals surface area contributed by atoms with Crippen molar-refractivity contribution < 1.29 is 4.79 Å². The third-order valence-corrected chi connectivity index (χ3v) is 3.48. The van der Waals surface area contributed by atoms with Crippen LogP contribution in [0.3, 0.4) is 0 Å². The quantitative estimate of drug-likeness (QED) is 0.775. The number of H-pyrrole nitrogens is 1. The van der Waals surface area contributed by atoms with E-state index in [9.17, 15) is 4.79 Å². The average molecular weight is 223 g/mol. The number of rotatable bonds is 2. The summed E-state index contributed by atoms with van der Waals surface area (Å²) in [4.78, 5) is 11.7. The van der Waals surface area contributed by atoms with E-state index in [2.05, 4.69) is 39.8 Å². The Labute approximate surface area is 94.2 Å². The van der Waals surface area contributed by atoms with E-state index in [1.54, 1.807) is 0 Å². The summed E-state index contributed by atoms with van der Waals surface area (Å²) < 4.78 is 0. The van der Waals surface area contributed by atoms with Crippen molar-refractivity contribution in [3.8, 4) is 0 Å². The maximum absolute atomic E-state index is 11.7. The minimum absolute atomic E-state index is 0.117. The minimum atomic E-state index is -0.236. The molecular weight excluding hydrogens is 206 g/mol.